The second-order valence-corrected chi connectivity index (χ2v) is 4.26. The highest BCUT2D eigenvalue weighted by Crippen LogP contribution is 2.21. The van der Waals surface area contributed by atoms with Crippen LogP contribution >= 0.6 is 0 Å². The van der Waals surface area contributed by atoms with Gasteiger partial charge < -0.3 is 10.5 Å². The van der Waals surface area contributed by atoms with Crippen LogP contribution in [0.4, 0.5) is 8.78 Å². The summed E-state index contributed by atoms with van der Waals surface area (Å²) in [6, 6.07) is 3.51. The molecular weight excluding hydrogens is 228 g/mol. The van der Waals surface area contributed by atoms with E-state index in [1.807, 2.05) is 0 Å². The molecule has 2 N–H and O–H groups in total. The van der Waals surface area contributed by atoms with E-state index in [0.29, 0.717) is 13.0 Å². The Kier molecular flexibility index (Phi) is 3.22. The highest BCUT2D eigenvalue weighted by molar-refractivity contribution is 5.90. The Morgan fingerprint density at radius 1 is 1.41 bits per heavy atom. The molecule has 0 saturated carbocycles. The number of halogens is 2. The van der Waals surface area contributed by atoms with Crippen molar-refractivity contribution in [3.63, 3.8) is 0 Å². The number of ether oxygens (including phenoxy) is 1. The van der Waals surface area contributed by atoms with Crippen molar-refractivity contribution in [2.45, 2.75) is 18.4 Å². The molecule has 0 amide bonds. The first-order chi connectivity index (χ1) is 8.03. The second kappa shape index (κ2) is 4.50. The molecule has 0 aromatic heterocycles. The van der Waals surface area contributed by atoms with Crippen LogP contribution in [0.25, 0.3) is 0 Å². The van der Waals surface area contributed by atoms with E-state index in [0.717, 1.165) is 12.1 Å². The molecule has 1 aromatic carbocycles. The van der Waals surface area contributed by atoms with Gasteiger partial charge in [-0.15, -0.1) is 0 Å². The van der Waals surface area contributed by atoms with Gasteiger partial charge in [0, 0.05) is 18.6 Å². The van der Waals surface area contributed by atoms with Crippen molar-refractivity contribution in [1.82, 2.24) is 0 Å². The summed E-state index contributed by atoms with van der Waals surface area (Å²) in [6.07, 6.45) is 0.0558. The van der Waals surface area contributed by atoms with E-state index in [1.165, 1.54) is 6.07 Å². The Labute approximate surface area is 97.6 Å². The molecule has 1 saturated heterocycles. The number of benzene rings is 1. The Morgan fingerprint density at radius 2 is 2.06 bits per heavy atom. The number of ketones is 1. The number of hydrogen-bond donors (Lipinski definition) is 1. The summed E-state index contributed by atoms with van der Waals surface area (Å²) in [5, 5.41) is 0. The largest absolute Gasteiger partial charge is 0.379 e. The number of carbonyl (C=O) groups is 1. The summed E-state index contributed by atoms with van der Waals surface area (Å²) >= 11 is 0. The Hall–Kier alpha value is -1.33. The molecule has 0 spiro atoms. The van der Waals surface area contributed by atoms with Crippen molar-refractivity contribution >= 4 is 5.78 Å². The fourth-order valence-electron chi connectivity index (χ4n) is 1.84. The van der Waals surface area contributed by atoms with E-state index < -0.39 is 17.2 Å². The first kappa shape index (κ1) is 12.1. The van der Waals surface area contributed by atoms with E-state index in [9.17, 15) is 13.6 Å². The van der Waals surface area contributed by atoms with Crippen LogP contribution in [-0.4, -0.2) is 24.5 Å². The molecule has 1 aliphatic heterocycles. The van der Waals surface area contributed by atoms with Gasteiger partial charge in [-0.1, -0.05) is 6.07 Å². The van der Waals surface area contributed by atoms with Crippen LogP contribution in [-0.2, 0) is 16.0 Å². The minimum absolute atomic E-state index is 0.113. The lowest BCUT2D eigenvalue weighted by molar-refractivity contribution is -0.123. The third-order valence-corrected chi connectivity index (χ3v) is 3.01. The van der Waals surface area contributed by atoms with Gasteiger partial charge in [0.1, 0.15) is 17.2 Å². The van der Waals surface area contributed by atoms with Crippen LogP contribution in [0.2, 0.25) is 0 Å². The summed E-state index contributed by atoms with van der Waals surface area (Å²) < 4.78 is 31.8. The second-order valence-electron chi connectivity index (χ2n) is 4.26. The van der Waals surface area contributed by atoms with Crippen LogP contribution in [0, 0.1) is 11.6 Å². The molecule has 2 rings (SSSR count). The first-order valence-corrected chi connectivity index (χ1v) is 5.36. The molecule has 1 aliphatic rings. The van der Waals surface area contributed by atoms with Crippen LogP contribution < -0.4 is 5.73 Å². The maximum absolute atomic E-state index is 13.4. The van der Waals surface area contributed by atoms with Gasteiger partial charge >= 0.3 is 0 Å². The Morgan fingerprint density at radius 3 is 2.59 bits per heavy atom. The van der Waals surface area contributed by atoms with Gasteiger partial charge in [0.25, 0.3) is 0 Å². The third-order valence-electron chi connectivity index (χ3n) is 3.01. The lowest BCUT2D eigenvalue weighted by atomic mass is 9.90. The third kappa shape index (κ3) is 2.35. The van der Waals surface area contributed by atoms with Gasteiger partial charge in [-0.25, -0.2) is 8.78 Å². The maximum Gasteiger partial charge on any atom is 0.159 e. The molecule has 92 valence electrons. The van der Waals surface area contributed by atoms with Crippen molar-refractivity contribution in [1.29, 1.82) is 0 Å². The SMILES string of the molecule is NC1(C(=O)Cc2c(F)cccc2F)CCOC1. The molecule has 5 heteroatoms. The van der Waals surface area contributed by atoms with Gasteiger partial charge in [-0.3, -0.25) is 4.79 Å². The van der Waals surface area contributed by atoms with Gasteiger partial charge in [-0.05, 0) is 18.6 Å². The zero-order valence-corrected chi connectivity index (χ0v) is 9.21. The molecule has 1 unspecified atom stereocenters. The number of hydrogen-bond acceptors (Lipinski definition) is 3. The van der Waals surface area contributed by atoms with Crippen LogP contribution in [0.3, 0.4) is 0 Å². The van der Waals surface area contributed by atoms with Gasteiger partial charge in [0.05, 0.1) is 6.61 Å². The molecule has 0 bridgehead atoms. The Bertz CT molecular complexity index is 422. The van der Waals surface area contributed by atoms with E-state index in [-0.39, 0.29) is 24.4 Å². The molecule has 17 heavy (non-hydrogen) atoms. The minimum atomic E-state index is -1.10. The van der Waals surface area contributed by atoms with Gasteiger partial charge in [0.15, 0.2) is 5.78 Å². The predicted molar refractivity (Wildman–Crippen MR) is 57.4 cm³/mol. The molecule has 1 heterocycles. The van der Waals surface area contributed by atoms with Crippen LogP contribution in [0.1, 0.15) is 12.0 Å². The number of rotatable bonds is 3. The fourth-order valence-corrected chi connectivity index (χ4v) is 1.84. The average Bonchev–Trinajstić information content (AvgIpc) is 2.72. The summed E-state index contributed by atoms with van der Waals surface area (Å²) in [6.45, 7) is 0.518. The lowest BCUT2D eigenvalue weighted by Crippen LogP contribution is -2.49. The smallest absolute Gasteiger partial charge is 0.159 e. The topological polar surface area (TPSA) is 52.3 Å². The zero-order valence-electron chi connectivity index (χ0n) is 9.21. The van der Waals surface area contributed by atoms with E-state index in [1.54, 1.807) is 0 Å². The lowest BCUT2D eigenvalue weighted by Gasteiger charge is -2.20. The van der Waals surface area contributed by atoms with Crippen molar-refractivity contribution in [3.8, 4) is 0 Å². The van der Waals surface area contributed by atoms with Crippen molar-refractivity contribution in [3.05, 3.63) is 35.4 Å². The van der Waals surface area contributed by atoms with E-state index in [4.69, 9.17) is 10.5 Å². The summed E-state index contributed by atoms with van der Waals surface area (Å²) in [5.74, 6) is -1.83. The zero-order chi connectivity index (χ0) is 12.5. The standard InChI is InChI=1S/C12H13F2NO2/c13-9-2-1-3-10(14)8(9)6-11(16)12(15)4-5-17-7-12/h1-3H,4-7,15H2. The molecule has 3 nitrogen and oxygen atoms in total. The number of carbonyl (C=O) groups excluding carboxylic acids is 1. The number of nitrogens with two attached hydrogens (primary N) is 1. The summed E-state index contributed by atoms with van der Waals surface area (Å²) in [7, 11) is 0. The van der Waals surface area contributed by atoms with E-state index in [2.05, 4.69) is 0 Å². The summed E-state index contributed by atoms with van der Waals surface area (Å²) in [4.78, 5) is 11.9. The summed E-state index contributed by atoms with van der Waals surface area (Å²) in [5.41, 5.74) is 4.50. The minimum Gasteiger partial charge on any atom is -0.379 e. The van der Waals surface area contributed by atoms with E-state index >= 15 is 0 Å². The van der Waals surface area contributed by atoms with Crippen molar-refractivity contribution in [2.75, 3.05) is 13.2 Å². The predicted octanol–water partition coefficient (Wildman–Crippen LogP) is 1.19. The van der Waals surface area contributed by atoms with Crippen molar-refractivity contribution in [2.24, 2.45) is 5.73 Å². The highest BCUT2D eigenvalue weighted by atomic mass is 19.1. The van der Waals surface area contributed by atoms with Crippen LogP contribution in [0.5, 0.6) is 0 Å². The normalized spacial score (nSPS) is 23.9. The first-order valence-electron chi connectivity index (χ1n) is 5.36. The monoisotopic (exact) mass is 241 g/mol. The molecule has 0 aliphatic carbocycles. The highest BCUT2D eigenvalue weighted by Gasteiger charge is 2.38. The fraction of sp³-hybridized carbons (Fsp3) is 0.417. The van der Waals surface area contributed by atoms with Gasteiger partial charge in [0.2, 0.25) is 0 Å². The van der Waals surface area contributed by atoms with Crippen molar-refractivity contribution < 1.29 is 18.3 Å². The maximum atomic E-state index is 13.4. The molecular formula is C12H13F2NO2. The Balaban J connectivity index is 2.18. The molecule has 1 fully saturated rings. The molecule has 0 radical (unpaired) electrons. The number of Topliss-reactive ketones (excluding diaryl/α,β-unsaturated/α-hetero) is 1. The molecule has 1 atom stereocenters. The quantitative estimate of drug-likeness (QED) is 0.865. The molecule has 1 aromatic rings. The average molecular weight is 241 g/mol. The van der Waals surface area contributed by atoms with Crippen LogP contribution in [0.15, 0.2) is 18.2 Å². The van der Waals surface area contributed by atoms with Gasteiger partial charge in [-0.2, -0.15) is 0 Å².